The van der Waals surface area contributed by atoms with E-state index in [9.17, 15) is 14.4 Å². The zero-order valence-electron chi connectivity index (χ0n) is 17.8. The highest BCUT2D eigenvalue weighted by Gasteiger charge is 2.16. The van der Waals surface area contributed by atoms with Crippen LogP contribution in [0.15, 0.2) is 36.4 Å². The lowest BCUT2D eigenvalue weighted by molar-refractivity contribution is -0.122. The van der Waals surface area contributed by atoms with Crippen LogP contribution in [-0.2, 0) is 9.59 Å². The number of imide groups is 1. The van der Waals surface area contributed by atoms with Crippen molar-refractivity contribution in [3.63, 3.8) is 0 Å². The molecule has 3 N–H and O–H groups in total. The average Bonchev–Trinajstić information content (AvgIpc) is 2.70. The van der Waals surface area contributed by atoms with Crippen LogP contribution in [0.25, 0.3) is 0 Å². The zero-order valence-corrected chi connectivity index (χ0v) is 17.8. The van der Waals surface area contributed by atoms with Crippen LogP contribution in [0.1, 0.15) is 11.1 Å². The largest absolute Gasteiger partial charge is 0.486 e. The molecule has 0 unspecified atom stereocenters. The van der Waals surface area contributed by atoms with Crippen LogP contribution in [0.4, 0.5) is 16.2 Å². The molecular weight excluding hydrogens is 400 g/mol. The topological polar surface area (TPSA) is 109 Å². The third-order valence-electron chi connectivity index (χ3n) is 4.76. The number of ether oxygens (including phenoxy) is 2. The zero-order chi connectivity index (χ0) is 22.4. The molecule has 2 aromatic carbocycles. The minimum absolute atomic E-state index is 0.00455. The molecule has 0 saturated heterocycles. The molecule has 1 aliphatic heterocycles. The smallest absolute Gasteiger partial charge is 0.325 e. The number of anilines is 2. The molecule has 164 valence electrons. The fourth-order valence-corrected chi connectivity index (χ4v) is 3.07. The summed E-state index contributed by atoms with van der Waals surface area (Å²) in [6.07, 6.45) is 0. The SMILES string of the molecule is Cc1cccc(NC(=O)CN(C)CC(=O)NC(=O)Nc2ccc3c(c2)OCCO3)c1C. The number of nitrogens with one attached hydrogen (secondary N) is 3. The van der Waals surface area contributed by atoms with Gasteiger partial charge in [-0.2, -0.15) is 0 Å². The molecule has 1 heterocycles. The first-order chi connectivity index (χ1) is 14.8. The van der Waals surface area contributed by atoms with Gasteiger partial charge in [-0.25, -0.2) is 4.79 Å². The Balaban J connectivity index is 1.44. The van der Waals surface area contributed by atoms with Crippen molar-refractivity contribution < 1.29 is 23.9 Å². The van der Waals surface area contributed by atoms with E-state index in [1.807, 2.05) is 32.0 Å². The Morgan fingerprint density at radius 1 is 0.935 bits per heavy atom. The normalized spacial score (nSPS) is 12.3. The minimum Gasteiger partial charge on any atom is -0.486 e. The molecule has 4 amide bonds. The van der Waals surface area contributed by atoms with E-state index in [4.69, 9.17) is 9.47 Å². The van der Waals surface area contributed by atoms with Gasteiger partial charge in [-0.15, -0.1) is 0 Å². The quantitative estimate of drug-likeness (QED) is 0.654. The van der Waals surface area contributed by atoms with Gasteiger partial charge < -0.3 is 20.1 Å². The Labute approximate surface area is 180 Å². The number of likely N-dealkylation sites (N-methyl/N-ethyl adjacent to an activating group) is 1. The summed E-state index contributed by atoms with van der Waals surface area (Å²) in [6, 6.07) is 9.97. The van der Waals surface area contributed by atoms with E-state index < -0.39 is 11.9 Å². The van der Waals surface area contributed by atoms with Gasteiger partial charge in [-0.1, -0.05) is 12.1 Å². The van der Waals surface area contributed by atoms with E-state index >= 15 is 0 Å². The van der Waals surface area contributed by atoms with Crippen molar-refractivity contribution >= 4 is 29.2 Å². The molecule has 0 spiro atoms. The van der Waals surface area contributed by atoms with Gasteiger partial charge in [0.15, 0.2) is 11.5 Å². The Bertz CT molecular complexity index is 992. The number of hydrogen-bond donors (Lipinski definition) is 3. The van der Waals surface area contributed by atoms with E-state index in [2.05, 4.69) is 16.0 Å². The van der Waals surface area contributed by atoms with Gasteiger partial charge in [-0.3, -0.25) is 19.8 Å². The number of hydrogen-bond acceptors (Lipinski definition) is 6. The van der Waals surface area contributed by atoms with Crippen LogP contribution in [0.2, 0.25) is 0 Å². The highest BCUT2D eigenvalue weighted by atomic mass is 16.6. The standard InChI is InChI=1S/C22H26N4O5/c1-14-5-4-6-17(15(14)2)24-20(27)12-26(3)13-21(28)25-22(29)23-16-7-8-18-19(11-16)31-10-9-30-18/h4-8,11H,9-10,12-13H2,1-3H3,(H,24,27)(H2,23,25,28,29). The van der Waals surface area contributed by atoms with Crippen LogP contribution in [0, 0.1) is 13.8 Å². The molecule has 0 bridgehead atoms. The number of rotatable bonds is 6. The lowest BCUT2D eigenvalue weighted by atomic mass is 10.1. The fourth-order valence-electron chi connectivity index (χ4n) is 3.07. The minimum atomic E-state index is -0.671. The molecule has 0 aromatic heterocycles. The maximum atomic E-state index is 12.3. The monoisotopic (exact) mass is 426 g/mol. The van der Waals surface area contributed by atoms with Gasteiger partial charge in [0.25, 0.3) is 0 Å². The Morgan fingerprint density at radius 3 is 2.42 bits per heavy atom. The molecule has 1 aliphatic rings. The van der Waals surface area contributed by atoms with Crippen LogP contribution >= 0.6 is 0 Å². The van der Waals surface area contributed by atoms with Gasteiger partial charge in [0.2, 0.25) is 11.8 Å². The second-order valence-electron chi connectivity index (χ2n) is 7.33. The number of benzene rings is 2. The van der Waals surface area contributed by atoms with E-state index in [1.165, 1.54) is 4.90 Å². The van der Waals surface area contributed by atoms with Crippen molar-refractivity contribution in [3.8, 4) is 11.5 Å². The summed E-state index contributed by atoms with van der Waals surface area (Å²) in [5, 5.41) is 7.66. The van der Waals surface area contributed by atoms with E-state index in [1.54, 1.807) is 25.2 Å². The van der Waals surface area contributed by atoms with Gasteiger partial charge in [0, 0.05) is 17.4 Å². The van der Waals surface area contributed by atoms with Crippen molar-refractivity contribution in [3.05, 3.63) is 47.5 Å². The van der Waals surface area contributed by atoms with Crippen LogP contribution in [0.3, 0.4) is 0 Å². The highest BCUT2D eigenvalue weighted by molar-refractivity contribution is 6.02. The third kappa shape index (κ3) is 6.19. The van der Waals surface area contributed by atoms with Crippen molar-refractivity contribution in [2.24, 2.45) is 0 Å². The summed E-state index contributed by atoms with van der Waals surface area (Å²) in [7, 11) is 1.63. The van der Waals surface area contributed by atoms with Gasteiger partial charge in [0.05, 0.1) is 13.1 Å². The highest BCUT2D eigenvalue weighted by Crippen LogP contribution is 2.32. The number of carbonyl (C=O) groups excluding carboxylic acids is 3. The lowest BCUT2D eigenvalue weighted by Gasteiger charge is -2.19. The van der Waals surface area contributed by atoms with E-state index in [0.717, 1.165) is 16.8 Å². The van der Waals surface area contributed by atoms with Crippen molar-refractivity contribution in [2.75, 3.05) is 44.0 Å². The first kappa shape index (κ1) is 22.1. The maximum absolute atomic E-state index is 12.3. The van der Waals surface area contributed by atoms with Crippen LogP contribution < -0.4 is 25.4 Å². The molecule has 2 aromatic rings. The molecule has 9 heteroatoms. The van der Waals surface area contributed by atoms with Crippen molar-refractivity contribution in [1.29, 1.82) is 0 Å². The van der Waals surface area contributed by atoms with Gasteiger partial charge in [0.1, 0.15) is 13.2 Å². The summed E-state index contributed by atoms with van der Waals surface area (Å²) in [5.74, 6) is 0.362. The lowest BCUT2D eigenvalue weighted by Crippen LogP contribution is -2.42. The van der Waals surface area contributed by atoms with Crippen LogP contribution in [0.5, 0.6) is 11.5 Å². The average molecular weight is 426 g/mol. The molecule has 0 atom stereocenters. The summed E-state index contributed by atoms with van der Waals surface area (Å²) in [5.41, 5.74) is 3.28. The number of urea groups is 1. The first-order valence-electron chi connectivity index (χ1n) is 9.87. The first-order valence-corrected chi connectivity index (χ1v) is 9.87. The number of amides is 4. The Hall–Kier alpha value is -3.59. The second kappa shape index (κ2) is 9.94. The summed E-state index contributed by atoms with van der Waals surface area (Å²) >= 11 is 0. The van der Waals surface area contributed by atoms with E-state index in [0.29, 0.717) is 30.4 Å². The number of aryl methyl sites for hydroxylation is 1. The summed E-state index contributed by atoms with van der Waals surface area (Å²) < 4.78 is 10.9. The van der Waals surface area contributed by atoms with E-state index in [-0.39, 0.29) is 19.0 Å². The number of nitrogens with zero attached hydrogens (tertiary/aromatic N) is 1. The van der Waals surface area contributed by atoms with Crippen molar-refractivity contribution in [1.82, 2.24) is 10.2 Å². The Morgan fingerprint density at radius 2 is 1.65 bits per heavy atom. The second-order valence-corrected chi connectivity index (χ2v) is 7.33. The number of fused-ring (bicyclic) bond motifs is 1. The third-order valence-corrected chi connectivity index (χ3v) is 4.76. The molecular formula is C22H26N4O5. The molecule has 31 heavy (non-hydrogen) atoms. The Kier molecular flexibility index (Phi) is 7.09. The molecule has 9 nitrogen and oxygen atoms in total. The van der Waals surface area contributed by atoms with Crippen molar-refractivity contribution in [2.45, 2.75) is 13.8 Å². The molecule has 0 saturated carbocycles. The number of carbonyl (C=O) groups is 3. The molecule has 0 radical (unpaired) electrons. The molecule has 0 aliphatic carbocycles. The van der Waals surface area contributed by atoms with Gasteiger partial charge in [-0.05, 0) is 50.2 Å². The summed E-state index contributed by atoms with van der Waals surface area (Å²) in [6.45, 7) is 4.70. The summed E-state index contributed by atoms with van der Waals surface area (Å²) in [4.78, 5) is 38.0. The molecule has 3 rings (SSSR count). The predicted octanol–water partition coefficient (Wildman–Crippen LogP) is 2.29. The predicted molar refractivity (Wildman–Crippen MR) is 117 cm³/mol. The maximum Gasteiger partial charge on any atom is 0.325 e. The van der Waals surface area contributed by atoms with Crippen LogP contribution in [-0.4, -0.2) is 56.1 Å². The van der Waals surface area contributed by atoms with Gasteiger partial charge >= 0.3 is 6.03 Å². The fraction of sp³-hybridized carbons (Fsp3) is 0.318. The molecule has 0 fully saturated rings.